The van der Waals surface area contributed by atoms with E-state index in [1.807, 2.05) is 12.1 Å². The summed E-state index contributed by atoms with van der Waals surface area (Å²) in [7, 11) is 0. The third-order valence-electron chi connectivity index (χ3n) is 2.34. The van der Waals surface area contributed by atoms with Crippen molar-refractivity contribution in [2.75, 3.05) is 0 Å². The van der Waals surface area contributed by atoms with Gasteiger partial charge in [0, 0.05) is 5.56 Å². The number of rotatable bonds is 2. The molecule has 0 aliphatic carbocycles. The van der Waals surface area contributed by atoms with E-state index in [0.717, 1.165) is 5.56 Å². The zero-order valence-electron chi connectivity index (χ0n) is 8.29. The Balaban J connectivity index is 1.97. The maximum atomic E-state index is 3.93. The number of benzene rings is 1. The quantitative estimate of drug-likeness (QED) is 0.733. The average Bonchev–Trinajstić information content (AvgIpc) is 3.03. The van der Waals surface area contributed by atoms with Crippen LogP contribution in [0.5, 0.6) is 0 Å². The molecule has 0 unspecified atom stereocenters. The van der Waals surface area contributed by atoms with Gasteiger partial charge in [0.1, 0.15) is 0 Å². The largest absolute Gasteiger partial charge is 0.204 e. The van der Waals surface area contributed by atoms with E-state index in [1.165, 1.54) is 11.1 Å². The molecule has 16 heavy (non-hydrogen) atoms. The highest BCUT2D eigenvalue weighted by molar-refractivity contribution is 7.08. The van der Waals surface area contributed by atoms with Gasteiger partial charge in [-0.3, -0.25) is 0 Å². The molecule has 0 saturated heterocycles. The molecule has 0 amide bonds. The highest BCUT2D eigenvalue weighted by Gasteiger charge is 2.03. The van der Waals surface area contributed by atoms with Gasteiger partial charge in [0.2, 0.25) is 5.82 Å². The van der Waals surface area contributed by atoms with Crippen molar-refractivity contribution in [1.29, 1.82) is 0 Å². The Morgan fingerprint density at radius 1 is 0.938 bits per heavy atom. The van der Waals surface area contributed by atoms with Crippen LogP contribution in [0.15, 0.2) is 41.1 Å². The fourth-order valence-electron chi connectivity index (χ4n) is 1.52. The summed E-state index contributed by atoms with van der Waals surface area (Å²) >= 11 is 1.70. The van der Waals surface area contributed by atoms with Crippen LogP contribution < -0.4 is 0 Å². The number of hydrogen-bond acceptors (Lipinski definition) is 4. The Bertz CT molecular complexity index is 501. The minimum absolute atomic E-state index is 0.622. The third-order valence-corrected chi connectivity index (χ3v) is 3.03. The Hall–Kier alpha value is -2.01. The predicted octanol–water partition coefficient (Wildman–Crippen LogP) is 2.60. The minimum Gasteiger partial charge on any atom is -0.177 e. The molecule has 1 aromatic carbocycles. The Morgan fingerprint density at radius 3 is 2.38 bits per heavy atom. The molecule has 0 spiro atoms. The van der Waals surface area contributed by atoms with Crippen molar-refractivity contribution in [3.63, 3.8) is 0 Å². The third kappa shape index (κ3) is 1.61. The van der Waals surface area contributed by atoms with E-state index in [2.05, 4.69) is 49.6 Å². The van der Waals surface area contributed by atoms with Gasteiger partial charge in [0.05, 0.1) is 0 Å². The number of nitrogens with one attached hydrogen (secondary N) is 1. The van der Waals surface area contributed by atoms with Crippen LogP contribution in [0.1, 0.15) is 0 Å². The average molecular weight is 228 g/mol. The molecule has 0 atom stereocenters. The van der Waals surface area contributed by atoms with Gasteiger partial charge in [-0.05, 0) is 33.2 Å². The molecular formula is C11H8N4S. The van der Waals surface area contributed by atoms with E-state index >= 15 is 0 Å². The van der Waals surface area contributed by atoms with E-state index in [-0.39, 0.29) is 0 Å². The van der Waals surface area contributed by atoms with Crippen LogP contribution in [-0.4, -0.2) is 20.6 Å². The maximum Gasteiger partial charge on any atom is 0.204 e. The van der Waals surface area contributed by atoms with E-state index < -0.39 is 0 Å². The van der Waals surface area contributed by atoms with Crippen molar-refractivity contribution in [3.05, 3.63) is 41.1 Å². The van der Waals surface area contributed by atoms with Gasteiger partial charge in [-0.25, -0.2) is 0 Å². The van der Waals surface area contributed by atoms with Gasteiger partial charge >= 0.3 is 0 Å². The van der Waals surface area contributed by atoms with Crippen molar-refractivity contribution in [2.45, 2.75) is 0 Å². The summed E-state index contributed by atoms with van der Waals surface area (Å²) in [6, 6.07) is 10.2. The lowest BCUT2D eigenvalue weighted by Gasteiger charge is -1.98. The topological polar surface area (TPSA) is 54.5 Å². The first-order valence-corrected chi connectivity index (χ1v) is 5.74. The van der Waals surface area contributed by atoms with Gasteiger partial charge in [-0.2, -0.15) is 16.6 Å². The SMILES string of the molecule is c1cc(-c2ccc(-c3nn[nH]n3)cc2)cs1. The standard InChI is InChI=1S/C11H8N4S/c1-3-9(11-12-14-15-13-11)4-2-8(1)10-5-6-16-7-10/h1-7H,(H,12,13,14,15). The molecule has 1 N–H and O–H groups in total. The molecule has 2 aromatic heterocycles. The van der Waals surface area contributed by atoms with Crippen LogP contribution >= 0.6 is 11.3 Å². The number of nitrogens with zero attached hydrogens (tertiary/aromatic N) is 3. The van der Waals surface area contributed by atoms with E-state index in [0.29, 0.717) is 5.82 Å². The molecule has 2 heterocycles. The predicted molar refractivity (Wildman–Crippen MR) is 62.9 cm³/mol. The Labute approximate surface area is 96.0 Å². The molecule has 0 saturated carbocycles. The smallest absolute Gasteiger partial charge is 0.177 e. The minimum atomic E-state index is 0.622. The van der Waals surface area contributed by atoms with Crippen LogP contribution in [0, 0.1) is 0 Å². The zero-order valence-corrected chi connectivity index (χ0v) is 9.11. The van der Waals surface area contributed by atoms with E-state index in [1.54, 1.807) is 11.3 Å². The van der Waals surface area contributed by atoms with Crippen molar-refractivity contribution in [2.24, 2.45) is 0 Å². The molecule has 0 aliphatic heterocycles. The molecule has 3 aromatic rings. The van der Waals surface area contributed by atoms with Crippen LogP contribution in [0.25, 0.3) is 22.5 Å². The first-order valence-electron chi connectivity index (χ1n) is 4.80. The summed E-state index contributed by atoms with van der Waals surface area (Å²) in [5, 5.41) is 18.0. The van der Waals surface area contributed by atoms with Gasteiger partial charge in [-0.15, -0.1) is 10.2 Å². The number of aromatic amines is 1. The zero-order chi connectivity index (χ0) is 10.8. The molecule has 0 bridgehead atoms. The monoisotopic (exact) mass is 228 g/mol. The number of thiophene rings is 1. The molecule has 78 valence electrons. The summed E-state index contributed by atoms with van der Waals surface area (Å²) in [6.07, 6.45) is 0. The maximum absolute atomic E-state index is 3.93. The van der Waals surface area contributed by atoms with Gasteiger partial charge in [0.25, 0.3) is 0 Å². The summed E-state index contributed by atoms with van der Waals surface area (Å²) in [5.41, 5.74) is 3.41. The Morgan fingerprint density at radius 2 is 1.75 bits per heavy atom. The molecule has 0 radical (unpaired) electrons. The lowest BCUT2D eigenvalue weighted by atomic mass is 10.1. The Kier molecular flexibility index (Phi) is 2.23. The second kappa shape index (κ2) is 3.86. The van der Waals surface area contributed by atoms with Crippen molar-refractivity contribution in [1.82, 2.24) is 20.6 Å². The lowest BCUT2D eigenvalue weighted by Crippen LogP contribution is -1.81. The second-order valence-electron chi connectivity index (χ2n) is 3.32. The van der Waals surface area contributed by atoms with E-state index in [9.17, 15) is 0 Å². The summed E-state index contributed by atoms with van der Waals surface area (Å²) in [4.78, 5) is 0. The van der Waals surface area contributed by atoms with Crippen LogP contribution in [0.2, 0.25) is 0 Å². The summed E-state index contributed by atoms with van der Waals surface area (Å²) < 4.78 is 0. The fraction of sp³-hybridized carbons (Fsp3) is 0. The molecule has 5 heteroatoms. The van der Waals surface area contributed by atoms with Crippen molar-refractivity contribution < 1.29 is 0 Å². The van der Waals surface area contributed by atoms with Gasteiger partial charge < -0.3 is 0 Å². The van der Waals surface area contributed by atoms with Crippen molar-refractivity contribution >= 4 is 11.3 Å². The fourth-order valence-corrected chi connectivity index (χ4v) is 2.19. The highest BCUT2D eigenvalue weighted by Crippen LogP contribution is 2.24. The lowest BCUT2D eigenvalue weighted by molar-refractivity contribution is 0.881. The van der Waals surface area contributed by atoms with Gasteiger partial charge in [-0.1, -0.05) is 24.3 Å². The molecule has 3 rings (SSSR count). The first kappa shape index (κ1) is 9.23. The normalized spacial score (nSPS) is 10.5. The summed E-state index contributed by atoms with van der Waals surface area (Å²) in [6.45, 7) is 0. The number of tetrazole rings is 1. The highest BCUT2D eigenvalue weighted by atomic mass is 32.1. The molecular weight excluding hydrogens is 220 g/mol. The van der Waals surface area contributed by atoms with Crippen LogP contribution in [-0.2, 0) is 0 Å². The first-order chi connectivity index (χ1) is 7.93. The molecule has 0 fully saturated rings. The number of hydrogen-bond donors (Lipinski definition) is 1. The van der Waals surface area contributed by atoms with Crippen molar-refractivity contribution in [3.8, 4) is 22.5 Å². The number of H-pyrrole nitrogens is 1. The second-order valence-corrected chi connectivity index (χ2v) is 4.10. The summed E-state index contributed by atoms with van der Waals surface area (Å²) in [5.74, 6) is 0.622. The number of aromatic nitrogens is 4. The molecule has 4 nitrogen and oxygen atoms in total. The molecule has 0 aliphatic rings. The van der Waals surface area contributed by atoms with Crippen LogP contribution in [0.3, 0.4) is 0 Å². The van der Waals surface area contributed by atoms with Gasteiger partial charge in [0.15, 0.2) is 0 Å². The van der Waals surface area contributed by atoms with E-state index in [4.69, 9.17) is 0 Å². The van der Waals surface area contributed by atoms with Crippen LogP contribution in [0.4, 0.5) is 0 Å².